The molecular formula is C17H15ClN2O2S. The molecule has 0 fully saturated rings. The molecule has 1 unspecified atom stereocenters. The van der Waals surface area contributed by atoms with Crippen molar-refractivity contribution >= 4 is 40.1 Å². The van der Waals surface area contributed by atoms with Crippen LogP contribution in [0, 0.1) is 0 Å². The van der Waals surface area contributed by atoms with Gasteiger partial charge in [0.25, 0.3) is 0 Å². The number of benzene rings is 2. The summed E-state index contributed by atoms with van der Waals surface area (Å²) >= 11 is 4.73. The SMILES string of the molecule is CC(C)[S+]([O-])N=Cc1ccccc1-c1noc2cc(Cl)ccc12. The van der Waals surface area contributed by atoms with Crippen molar-refractivity contribution in [3.63, 3.8) is 0 Å². The monoisotopic (exact) mass is 346 g/mol. The van der Waals surface area contributed by atoms with Crippen LogP contribution in [0.5, 0.6) is 0 Å². The number of halogens is 1. The molecule has 6 heteroatoms. The Morgan fingerprint density at radius 1 is 1.26 bits per heavy atom. The second-order valence-electron chi connectivity index (χ2n) is 5.32. The molecule has 118 valence electrons. The van der Waals surface area contributed by atoms with Crippen molar-refractivity contribution < 1.29 is 9.08 Å². The number of hydrogen-bond donors (Lipinski definition) is 0. The first-order chi connectivity index (χ1) is 11.1. The minimum Gasteiger partial charge on any atom is -0.591 e. The normalized spacial score (nSPS) is 13.3. The van der Waals surface area contributed by atoms with Crippen LogP contribution in [0.1, 0.15) is 19.4 Å². The van der Waals surface area contributed by atoms with Gasteiger partial charge in [0.1, 0.15) is 10.9 Å². The Morgan fingerprint density at radius 3 is 2.83 bits per heavy atom. The molecule has 0 aliphatic heterocycles. The van der Waals surface area contributed by atoms with Gasteiger partial charge in [0.15, 0.2) is 5.58 Å². The van der Waals surface area contributed by atoms with Gasteiger partial charge in [-0.2, -0.15) is 0 Å². The van der Waals surface area contributed by atoms with Crippen molar-refractivity contribution in [3.8, 4) is 11.3 Å². The van der Waals surface area contributed by atoms with Crippen molar-refractivity contribution in [2.45, 2.75) is 19.1 Å². The molecule has 0 N–H and O–H groups in total. The molecular weight excluding hydrogens is 332 g/mol. The highest BCUT2D eigenvalue weighted by Gasteiger charge is 2.14. The fourth-order valence-corrected chi connectivity index (χ4v) is 2.78. The summed E-state index contributed by atoms with van der Waals surface area (Å²) in [5.74, 6) is 0. The maximum Gasteiger partial charge on any atom is 0.169 e. The van der Waals surface area contributed by atoms with Crippen LogP contribution in [0.15, 0.2) is 51.4 Å². The lowest BCUT2D eigenvalue weighted by molar-refractivity contribution is 0.459. The van der Waals surface area contributed by atoms with Gasteiger partial charge in [-0.15, -0.1) is 0 Å². The van der Waals surface area contributed by atoms with Gasteiger partial charge in [-0.05, 0) is 26.0 Å². The molecule has 0 aliphatic rings. The van der Waals surface area contributed by atoms with Gasteiger partial charge in [0.2, 0.25) is 0 Å². The highest BCUT2D eigenvalue weighted by Crippen LogP contribution is 2.31. The van der Waals surface area contributed by atoms with Crippen molar-refractivity contribution in [1.82, 2.24) is 5.16 Å². The minimum absolute atomic E-state index is 0.0200. The molecule has 23 heavy (non-hydrogen) atoms. The second kappa shape index (κ2) is 6.74. The van der Waals surface area contributed by atoms with Gasteiger partial charge in [0.05, 0.1) is 17.6 Å². The molecule has 3 rings (SSSR count). The molecule has 1 atom stereocenters. The van der Waals surface area contributed by atoms with Crippen LogP contribution in [-0.4, -0.2) is 21.2 Å². The predicted octanol–water partition coefficient (Wildman–Crippen LogP) is 4.64. The molecule has 0 saturated heterocycles. The lowest BCUT2D eigenvalue weighted by atomic mass is 10.0. The van der Waals surface area contributed by atoms with E-state index in [0.29, 0.717) is 16.3 Å². The molecule has 0 aliphatic carbocycles. The van der Waals surface area contributed by atoms with Crippen LogP contribution in [0.2, 0.25) is 5.02 Å². The zero-order valence-corrected chi connectivity index (χ0v) is 14.3. The topological polar surface area (TPSA) is 61.5 Å². The molecule has 2 aromatic carbocycles. The molecule has 0 amide bonds. The Balaban J connectivity index is 2.06. The van der Waals surface area contributed by atoms with Crippen LogP contribution in [0.25, 0.3) is 22.2 Å². The Labute approximate surface area is 142 Å². The van der Waals surface area contributed by atoms with Gasteiger partial charge in [-0.3, -0.25) is 0 Å². The first-order valence-corrected chi connectivity index (χ1v) is 8.70. The summed E-state index contributed by atoms with van der Waals surface area (Å²) < 4.78 is 21.3. The van der Waals surface area contributed by atoms with Gasteiger partial charge in [-0.25, -0.2) is 0 Å². The Morgan fingerprint density at radius 2 is 2.04 bits per heavy atom. The minimum atomic E-state index is -1.25. The molecule has 0 spiro atoms. The zero-order chi connectivity index (χ0) is 16.4. The van der Waals surface area contributed by atoms with E-state index in [0.717, 1.165) is 16.5 Å². The van der Waals surface area contributed by atoms with Gasteiger partial charge in [0, 0.05) is 27.6 Å². The molecule has 0 bridgehead atoms. The van der Waals surface area contributed by atoms with Gasteiger partial charge < -0.3 is 9.08 Å². The number of rotatable bonds is 4. The van der Waals surface area contributed by atoms with E-state index in [4.69, 9.17) is 16.1 Å². The average Bonchev–Trinajstić information content (AvgIpc) is 2.95. The third-order valence-corrected chi connectivity index (χ3v) is 4.70. The van der Waals surface area contributed by atoms with E-state index in [9.17, 15) is 4.55 Å². The molecule has 3 aromatic rings. The Hall–Kier alpha value is -1.82. The smallest absolute Gasteiger partial charge is 0.169 e. The van der Waals surface area contributed by atoms with Crippen LogP contribution < -0.4 is 0 Å². The number of hydrogen-bond acceptors (Lipinski definition) is 4. The highest BCUT2D eigenvalue weighted by atomic mass is 35.5. The van der Waals surface area contributed by atoms with Crippen LogP contribution >= 0.6 is 11.6 Å². The van der Waals surface area contributed by atoms with Gasteiger partial charge >= 0.3 is 0 Å². The molecule has 1 heterocycles. The highest BCUT2D eigenvalue weighted by molar-refractivity contribution is 7.90. The first kappa shape index (κ1) is 16.1. The second-order valence-corrected chi connectivity index (χ2v) is 7.46. The quantitative estimate of drug-likeness (QED) is 0.510. The average molecular weight is 347 g/mol. The van der Waals surface area contributed by atoms with Crippen molar-refractivity contribution in [3.05, 3.63) is 53.1 Å². The van der Waals surface area contributed by atoms with E-state index in [-0.39, 0.29) is 5.25 Å². The number of fused-ring (bicyclic) bond motifs is 1. The molecule has 0 radical (unpaired) electrons. The van der Waals surface area contributed by atoms with Crippen molar-refractivity contribution in [2.24, 2.45) is 4.40 Å². The summed E-state index contributed by atoms with van der Waals surface area (Å²) in [7, 11) is 0. The molecule has 0 saturated carbocycles. The summed E-state index contributed by atoms with van der Waals surface area (Å²) in [4.78, 5) is 0. The Bertz CT molecular complexity index is 861. The van der Waals surface area contributed by atoms with Gasteiger partial charge in [-0.1, -0.05) is 45.4 Å². The predicted molar refractivity (Wildman–Crippen MR) is 95.3 cm³/mol. The van der Waals surface area contributed by atoms with Crippen LogP contribution in [0.4, 0.5) is 0 Å². The lowest BCUT2D eigenvalue weighted by Crippen LogP contribution is -2.10. The zero-order valence-electron chi connectivity index (χ0n) is 12.7. The first-order valence-electron chi connectivity index (χ1n) is 7.15. The standard InChI is InChI=1S/C17H15ClN2O2S/c1-11(2)23(21)19-10-12-5-3-4-6-14(12)17-15-8-7-13(18)9-16(15)22-20-17/h3-11H,1-2H3. The largest absolute Gasteiger partial charge is 0.591 e. The van der Waals surface area contributed by atoms with Crippen molar-refractivity contribution in [2.75, 3.05) is 0 Å². The fourth-order valence-electron chi connectivity index (χ4n) is 2.16. The van der Waals surface area contributed by atoms with E-state index >= 15 is 0 Å². The van der Waals surface area contributed by atoms with Crippen LogP contribution in [-0.2, 0) is 11.4 Å². The summed E-state index contributed by atoms with van der Waals surface area (Å²) in [5.41, 5.74) is 3.06. The fraction of sp³-hybridized carbons (Fsp3) is 0.176. The molecule has 4 nitrogen and oxygen atoms in total. The van der Waals surface area contributed by atoms with E-state index in [1.807, 2.05) is 44.2 Å². The van der Waals surface area contributed by atoms with E-state index in [2.05, 4.69) is 9.55 Å². The third kappa shape index (κ3) is 3.42. The maximum atomic E-state index is 11.8. The Kier molecular flexibility index (Phi) is 4.71. The van der Waals surface area contributed by atoms with Crippen molar-refractivity contribution in [1.29, 1.82) is 0 Å². The molecule has 1 aromatic heterocycles. The summed E-state index contributed by atoms with van der Waals surface area (Å²) in [6.45, 7) is 3.74. The van der Waals surface area contributed by atoms with Crippen LogP contribution in [0.3, 0.4) is 0 Å². The third-order valence-electron chi connectivity index (χ3n) is 3.35. The van der Waals surface area contributed by atoms with E-state index in [1.54, 1.807) is 18.3 Å². The number of nitrogens with zero attached hydrogens (tertiary/aromatic N) is 2. The van der Waals surface area contributed by atoms with E-state index in [1.165, 1.54) is 0 Å². The summed E-state index contributed by atoms with van der Waals surface area (Å²) in [6.07, 6.45) is 1.63. The maximum absolute atomic E-state index is 11.8. The lowest BCUT2D eigenvalue weighted by Gasteiger charge is -2.07. The summed E-state index contributed by atoms with van der Waals surface area (Å²) in [6, 6.07) is 13.1. The number of aromatic nitrogens is 1. The summed E-state index contributed by atoms with van der Waals surface area (Å²) in [5, 5.41) is 5.61. The van der Waals surface area contributed by atoms with E-state index < -0.39 is 11.4 Å².